The number of hydrogen-bond donors (Lipinski definition) is 1. The van der Waals surface area contributed by atoms with Gasteiger partial charge in [0.25, 0.3) is 0 Å². The molecule has 2 atom stereocenters. The molecule has 1 aliphatic rings. The Hall–Kier alpha value is -0.900. The number of hydrogen-bond acceptors (Lipinski definition) is 3. The largest absolute Gasteiger partial charge is 0.327 e. The molecule has 2 rings (SSSR count). The minimum Gasteiger partial charge on any atom is -0.327 e. The lowest BCUT2D eigenvalue weighted by molar-refractivity contribution is 0.364. The van der Waals surface area contributed by atoms with E-state index in [0.717, 1.165) is 18.7 Å². The molecule has 0 aliphatic heterocycles. The topological polar surface area (TPSA) is 56.7 Å². The quantitative estimate of drug-likeness (QED) is 0.695. The van der Waals surface area contributed by atoms with Crippen molar-refractivity contribution in [1.82, 2.24) is 14.8 Å². The van der Waals surface area contributed by atoms with E-state index in [4.69, 9.17) is 5.73 Å². The van der Waals surface area contributed by atoms with Gasteiger partial charge in [-0.1, -0.05) is 12.8 Å². The van der Waals surface area contributed by atoms with Crippen molar-refractivity contribution >= 4 is 0 Å². The monoisotopic (exact) mass is 180 g/mol. The maximum Gasteiger partial charge on any atom is 0.138 e. The summed E-state index contributed by atoms with van der Waals surface area (Å²) in [6.45, 7) is 0. The fraction of sp³-hybridized carbons (Fsp3) is 0.778. The van der Waals surface area contributed by atoms with Crippen molar-refractivity contribution in [2.45, 2.75) is 37.6 Å². The van der Waals surface area contributed by atoms with Gasteiger partial charge in [0, 0.05) is 19.0 Å². The second-order valence-electron chi connectivity index (χ2n) is 3.80. The van der Waals surface area contributed by atoms with Gasteiger partial charge < -0.3 is 5.73 Å². The van der Waals surface area contributed by atoms with E-state index < -0.39 is 0 Å². The molecule has 0 spiro atoms. The normalized spacial score (nSPS) is 29.1. The van der Waals surface area contributed by atoms with E-state index in [0.29, 0.717) is 5.92 Å². The van der Waals surface area contributed by atoms with E-state index in [1.807, 2.05) is 11.7 Å². The highest BCUT2D eigenvalue weighted by molar-refractivity contribution is 5.01. The van der Waals surface area contributed by atoms with Crippen LogP contribution in [0.3, 0.4) is 0 Å². The van der Waals surface area contributed by atoms with Gasteiger partial charge in [-0.05, 0) is 12.8 Å². The Kier molecular flexibility index (Phi) is 2.31. The van der Waals surface area contributed by atoms with Crippen LogP contribution < -0.4 is 5.73 Å². The summed E-state index contributed by atoms with van der Waals surface area (Å²) in [4.78, 5) is 4.26. The van der Waals surface area contributed by atoms with Gasteiger partial charge in [-0.3, -0.25) is 4.68 Å². The molecular formula is C9H16N4. The van der Waals surface area contributed by atoms with Crippen LogP contribution in [0.2, 0.25) is 0 Å². The van der Waals surface area contributed by atoms with Gasteiger partial charge in [-0.15, -0.1) is 0 Å². The van der Waals surface area contributed by atoms with Crippen LogP contribution in [0, 0.1) is 0 Å². The smallest absolute Gasteiger partial charge is 0.138 e. The molecule has 72 valence electrons. The van der Waals surface area contributed by atoms with Crippen LogP contribution in [-0.4, -0.2) is 20.8 Å². The van der Waals surface area contributed by atoms with Crippen LogP contribution in [0.4, 0.5) is 0 Å². The van der Waals surface area contributed by atoms with Gasteiger partial charge in [0.15, 0.2) is 0 Å². The number of aryl methyl sites for hydroxylation is 1. The average molecular weight is 180 g/mol. The molecule has 0 bridgehead atoms. The first-order valence-corrected chi connectivity index (χ1v) is 4.88. The highest BCUT2D eigenvalue weighted by atomic mass is 15.3. The zero-order chi connectivity index (χ0) is 9.26. The van der Waals surface area contributed by atoms with Gasteiger partial charge in [0.2, 0.25) is 0 Å². The maximum absolute atomic E-state index is 6.06. The Bertz CT molecular complexity index is 281. The molecule has 1 heterocycles. The molecule has 0 amide bonds. The fourth-order valence-electron chi connectivity index (χ4n) is 2.12. The minimum atomic E-state index is 0.275. The lowest BCUT2D eigenvalue weighted by Crippen LogP contribution is -2.33. The molecule has 0 aromatic carbocycles. The number of rotatable bonds is 1. The third kappa shape index (κ3) is 1.58. The lowest BCUT2D eigenvalue weighted by atomic mass is 9.84. The first kappa shape index (κ1) is 8.69. The Labute approximate surface area is 78.1 Å². The Morgan fingerprint density at radius 1 is 1.46 bits per heavy atom. The maximum atomic E-state index is 6.06. The summed E-state index contributed by atoms with van der Waals surface area (Å²) in [5, 5.41) is 4.08. The summed E-state index contributed by atoms with van der Waals surface area (Å²) >= 11 is 0. The van der Waals surface area contributed by atoms with Crippen molar-refractivity contribution in [3.05, 3.63) is 12.2 Å². The third-order valence-electron chi connectivity index (χ3n) is 2.90. The zero-order valence-electron chi connectivity index (χ0n) is 7.98. The van der Waals surface area contributed by atoms with Crippen molar-refractivity contribution in [3.8, 4) is 0 Å². The van der Waals surface area contributed by atoms with Gasteiger partial charge >= 0.3 is 0 Å². The van der Waals surface area contributed by atoms with Crippen molar-refractivity contribution < 1.29 is 0 Å². The SMILES string of the molecule is Cn1ncnc1C1CCCCC1N. The molecule has 1 saturated carbocycles. The average Bonchev–Trinajstić information content (AvgIpc) is 2.52. The predicted octanol–water partition coefficient (Wildman–Crippen LogP) is 0.800. The Balaban J connectivity index is 2.19. The molecule has 1 aromatic heterocycles. The molecule has 1 fully saturated rings. The molecule has 1 aromatic rings. The van der Waals surface area contributed by atoms with E-state index in [1.165, 1.54) is 12.8 Å². The lowest BCUT2D eigenvalue weighted by Gasteiger charge is -2.27. The number of nitrogens with zero attached hydrogens (tertiary/aromatic N) is 3. The van der Waals surface area contributed by atoms with Gasteiger partial charge in [-0.25, -0.2) is 4.98 Å². The molecule has 0 saturated heterocycles. The summed E-state index contributed by atoms with van der Waals surface area (Å²) in [6.07, 6.45) is 6.42. The predicted molar refractivity (Wildman–Crippen MR) is 50.2 cm³/mol. The summed E-state index contributed by atoms with van der Waals surface area (Å²) in [5.41, 5.74) is 6.06. The second-order valence-corrected chi connectivity index (χ2v) is 3.80. The van der Waals surface area contributed by atoms with Crippen LogP contribution >= 0.6 is 0 Å². The van der Waals surface area contributed by atoms with Crippen LogP contribution in [0.5, 0.6) is 0 Å². The van der Waals surface area contributed by atoms with Gasteiger partial charge in [-0.2, -0.15) is 5.10 Å². The first-order chi connectivity index (χ1) is 6.29. The third-order valence-corrected chi connectivity index (χ3v) is 2.90. The first-order valence-electron chi connectivity index (χ1n) is 4.88. The highest BCUT2D eigenvalue weighted by Crippen LogP contribution is 2.30. The molecule has 2 unspecified atom stereocenters. The van der Waals surface area contributed by atoms with Crippen molar-refractivity contribution in [3.63, 3.8) is 0 Å². The fourth-order valence-corrected chi connectivity index (χ4v) is 2.12. The van der Waals surface area contributed by atoms with E-state index in [1.54, 1.807) is 6.33 Å². The molecular weight excluding hydrogens is 164 g/mol. The van der Waals surface area contributed by atoms with E-state index in [-0.39, 0.29) is 6.04 Å². The number of aromatic nitrogens is 3. The minimum absolute atomic E-state index is 0.275. The molecule has 4 heteroatoms. The van der Waals surface area contributed by atoms with E-state index in [2.05, 4.69) is 10.1 Å². The molecule has 0 radical (unpaired) electrons. The zero-order valence-corrected chi connectivity index (χ0v) is 7.98. The van der Waals surface area contributed by atoms with Crippen molar-refractivity contribution in [1.29, 1.82) is 0 Å². The van der Waals surface area contributed by atoms with Crippen molar-refractivity contribution in [2.75, 3.05) is 0 Å². The molecule has 1 aliphatic carbocycles. The summed E-state index contributed by atoms with van der Waals surface area (Å²) < 4.78 is 1.84. The van der Waals surface area contributed by atoms with E-state index in [9.17, 15) is 0 Å². The van der Waals surface area contributed by atoms with Crippen LogP contribution in [0.15, 0.2) is 6.33 Å². The Morgan fingerprint density at radius 3 is 2.85 bits per heavy atom. The standard InChI is InChI=1S/C9H16N4/c1-13-9(11-6-12-13)7-4-2-3-5-8(7)10/h6-8H,2-5,10H2,1H3. The summed E-state index contributed by atoms with van der Waals surface area (Å²) in [7, 11) is 1.93. The molecule has 2 N–H and O–H groups in total. The van der Waals surface area contributed by atoms with Gasteiger partial charge in [0.05, 0.1) is 0 Å². The van der Waals surface area contributed by atoms with Crippen LogP contribution in [-0.2, 0) is 7.05 Å². The highest BCUT2D eigenvalue weighted by Gasteiger charge is 2.26. The number of nitrogens with two attached hydrogens (primary N) is 1. The summed E-state index contributed by atoms with van der Waals surface area (Å²) in [5.74, 6) is 1.47. The molecule has 13 heavy (non-hydrogen) atoms. The second kappa shape index (κ2) is 3.46. The van der Waals surface area contributed by atoms with E-state index >= 15 is 0 Å². The Morgan fingerprint density at radius 2 is 2.23 bits per heavy atom. The molecule has 4 nitrogen and oxygen atoms in total. The van der Waals surface area contributed by atoms with Crippen molar-refractivity contribution in [2.24, 2.45) is 12.8 Å². The van der Waals surface area contributed by atoms with Gasteiger partial charge in [0.1, 0.15) is 12.2 Å². The van der Waals surface area contributed by atoms with Crippen LogP contribution in [0.1, 0.15) is 37.4 Å². The summed E-state index contributed by atoms with van der Waals surface area (Å²) in [6, 6.07) is 0.275. The van der Waals surface area contributed by atoms with Crippen LogP contribution in [0.25, 0.3) is 0 Å².